The summed E-state index contributed by atoms with van der Waals surface area (Å²) < 4.78 is 6.98. The number of para-hydroxylation sites is 1. The maximum atomic E-state index is 5.77. The second kappa shape index (κ2) is 4.70. The van der Waals surface area contributed by atoms with Gasteiger partial charge in [-0.2, -0.15) is 0 Å². The zero-order chi connectivity index (χ0) is 12.4. The number of hydrogen-bond acceptors (Lipinski definition) is 3. The molecule has 90 valence electrons. The molecule has 0 atom stereocenters. The Balaban J connectivity index is 1.79. The molecule has 18 heavy (non-hydrogen) atoms. The van der Waals surface area contributed by atoms with Crippen molar-refractivity contribution in [3.63, 3.8) is 0 Å². The molecule has 2 N–H and O–H groups in total. The van der Waals surface area contributed by atoms with Gasteiger partial charge in [-0.05, 0) is 41.8 Å². The van der Waals surface area contributed by atoms with Gasteiger partial charge in [0.2, 0.25) is 0 Å². The standard InChI is InChI=1S/C15H13NOS/c16-12-6-7-15-11(8-12)9-14(18-15)10-17-13-4-2-1-3-5-13/h1-9H,10,16H2. The Morgan fingerprint density at radius 2 is 1.83 bits per heavy atom. The van der Waals surface area contributed by atoms with Gasteiger partial charge >= 0.3 is 0 Å². The molecular weight excluding hydrogens is 242 g/mol. The molecule has 0 saturated carbocycles. The van der Waals surface area contributed by atoms with Crippen LogP contribution in [0.1, 0.15) is 4.88 Å². The Bertz CT molecular complexity index is 661. The molecule has 0 amide bonds. The van der Waals surface area contributed by atoms with Crippen LogP contribution in [0.5, 0.6) is 5.75 Å². The Labute approximate surface area is 110 Å². The van der Waals surface area contributed by atoms with E-state index in [-0.39, 0.29) is 0 Å². The van der Waals surface area contributed by atoms with Crippen LogP contribution in [0.4, 0.5) is 5.69 Å². The van der Waals surface area contributed by atoms with E-state index in [4.69, 9.17) is 10.5 Å². The smallest absolute Gasteiger partial charge is 0.122 e. The van der Waals surface area contributed by atoms with Crippen molar-refractivity contribution in [3.05, 3.63) is 59.5 Å². The first-order valence-electron chi connectivity index (χ1n) is 5.77. The molecule has 0 radical (unpaired) electrons. The lowest BCUT2D eigenvalue weighted by Gasteiger charge is -2.02. The van der Waals surface area contributed by atoms with E-state index in [1.165, 1.54) is 15.0 Å². The van der Waals surface area contributed by atoms with Crippen LogP contribution in [-0.2, 0) is 6.61 Å². The highest BCUT2D eigenvalue weighted by molar-refractivity contribution is 7.19. The fourth-order valence-corrected chi connectivity index (χ4v) is 2.82. The van der Waals surface area contributed by atoms with Crippen LogP contribution in [-0.4, -0.2) is 0 Å². The number of anilines is 1. The first kappa shape index (κ1) is 11.1. The van der Waals surface area contributed by atoms with Crippen LogP contribution < -0.4 is 10.5 Å². The molecule has 0 unspecified atom stereocenters. The summed E-state index contributed by atoms with van der Waals surface area (Å²) >= 11 is 1.74. The Morgan fingerprint density at radius 1 is 1.00 bits per heavy atom. The van der Waals surface area contributed by atoms with Crippen molar-refractivity contribution in [3.8, 4) is 5.75 Å². The molecule has 1 aromatic heterocycles. The first-order chi connectivity index (χ1) is 8.81. The predicted octanol–water partition coefficient (Wildman–Crippen LogP) is 4.06. The van der Waals surface area contributed by atoms with Gasteiger partial charge in [0.05, 0.1) is 0 Å². The third kappa shape index (κ3) is 2.31. The van der Waals surface area contributed by atoms with Crippen molar-refractivity contribution in [2.75, 3.05) is 5.73 Å². The highest BCUT2D eigenvalue weighted by Gasteiger charge is 2.03. The first-order valence-corrected chi connectivity index (χ1v) is 6.59. The largest absolute Gasteiger partial charge is 0.488 e. The number of thiophene rings is 1. The molecule has 0 fully saturated rings. The van der Waals surface area contributed by atoms with E-state index >= 15 is 0 Å². The Hall–Kier alpha value is -2.00. The summed E-state index contributed by atoms with van der Waals surface area (Å²) in [6.07, 6.45) is 0. The number of nitrogens with two attached hydrogens (primary N) is 1. The number of nitrogen functional groups attached to an aromatic ring is 1. The van der Waals surface area contributed by atoms with Crippen molar-refractivity contribution >= 4 is 27.1 Å². The minimum Gasteiger partial charge on any atom is -0.488 e. The lowest BCUT2D eigenvalue weighted by atomic mass is 10.2. The van der Waals surface area contributed by atoms with Gasteiger partial charge in [-0.1, -0.05) is 18.2 Å². The van der Waals surface area contributed by atoms with Crippen LogP contribution in [0.3, 0.4) is 0 Å². The molecule has 2 nitrogen and oxygen atoms in total. The molecule has 0 spiro atoms. The van der Waals surface area contributed by atoms with E-state index in [1.54, 1.807) is 11.3 Å². The van der Waals surface area contributed by atoms with E-state index in [0.29, 0.717) is 6.61 Å². The average molecular weight is 255 g/mol. The highest BCUT2D eigenvalue weighted by atomic mass is 32.1. The molecule has 3 aromatic rings. The monoisotopic (exact) mass is 255 g/mol. The number of hydrogen-bond donors (Lipinski definition) is 1. The summed E-state index contributed by atoms with van der Waals surface area (Å²) in [7, 11) is 0. The summed E-state index contributed by atoms with van der Waals surface area (Å²) in [5.74, 6) is 0.898. The van der Waals surface area contributed by atoms with Gasteiger partial charge < -0.3 is 10.5 Å². The zero-order valence-corrected chi connectivity index (χ0v) is 10.6. The Morgan fingerprint density at radius 3 is 2.67 bits per heavy atom. The van der Waals surface area contributed by atoms with E-state index in [0.717, 1.165) is 11.4 Å². The minimum atomic E-state index is 0.600. The zero-order valence-electron chi connectivity index (χ0n) is 9.80. The van der Waals surface area contributed by atoms with E-state index in [2.05, 4.69) is 12.1 Å². The third-order valence-corrected chi connectivity index (χ3v) is 3.81. The van der Waals surface area contributed by atoms with E-state index in [9.17, 15) is 0 Å². The van der Waals surface area contributed by atoms with Gasteiger partial charge in [0.1, 0.15) is 12.4 Å². The Kier molecular flexibility index (Phi) is 2.90. The number of ether oxygens (including phenoxy) is 1. The van der Waals surface area contributed by atoms with Crippen molar-refractivity contribution in [1.29, 1.82) is 0 Å². The summed E-state index contributed by atoms with van der Waals surface area (Å²) in [5.41, 5.74) is 6.57. The maximum absolute atomic E-state index is 5.77. The summed E-state index contributed by atoms with van der Waals surface area (Å²) in [6.45, 7) is 0.600. The lowest BCUT2D eigenvalue weighted by Crippen LogP contribution is -1.91. The number of benzene rings is 2. The SMILES string of the molecule is Nc1ccc2sc(COc3ccccc3)cc2c1. The minimum absolute atomic E-state index is 0.600. The maximum Gasteiger partial charge on any atom is 0.122 e. The molecule has 3 heteroatoms. The molecule has 2 aromatic carbocycles. The molecule has 0 bridgehead atoms. The molecule has 0 aliphatic rings. The van der Waals surface area contributed by atoms with Crippen LogP contribution in [0, 0.1) is 0 Å². The predicted molar refractivity (Wildman–Crippen MR) is 77.0 cm³/mol. The number of rotatable bonds is 3. The fraction of sp³-hybridized carbons (Fsp3) is 0.0667. The summed E-state index contributed by atoms with van der Waals surface area (Å²) in [6, 6.07) is 18.0. The number of fused-ring (bicyclic) bond motifs is 1. The molecule has 1 heterocycles. The second-order valence-electron chi connectivity index (χ2n) is 4.11. The molecular formula is C15H13NOS. The van der Waals surface area contributed by atoms with E-state index in [1.807, 2.05) is 42.5 Å². The quantitative estimate of drug-likeness (QED) is 0.716. The molecule has 0 aliphatic carbocycles. The molecule has 3 rings (SSSR count). The van der Waals surface area contributed by atoms with Gasteiger partial charge in [0.25, 0.3) is 0 Å². The van der Waals surface area contributed by atoms with Crippen LogP contribution in [0.25, 0.3) is 10.1 Å². The van der Waals surface area contributed by atoms with Crippen molar-refractivity contribution < 1.29 is 4.74 Å². The van der Waals surface area contributed by atoms with Crippen molar-refractivity contribution in [1.82, 2.24) is 0 Å². The lowest BCUT2D eigenvalue weighted by molar-refractivity contribution is 0.310. The van der Waals surface area contributed by atoms with Gasteiger partial charge in [-0.15, -0.1) is 11.3 Å². The highest BCUT2D eigenvalue weighted by Crippen LogP contribution is 2.28. The topological polar surface area (TPSA) is 35.2 Å². The molecule has 0 saturated heterocycles. The van der Waals surface area contributed by atoms with Crippen LogP contribution >= 0.6 is 11.3 Å². The summed E-state index contributed by atoms with van der Waals surface area (Å²) in [4.78, 5) is 1.21. The second-order valence-corrected chi connectivity index (χ2v) is 5.28. The molecule has 0 aliphatic heterocycles. The van der Waals surface area contributed by atoms with Crippen LogP contribution in [0.15, 0.2) is 54.6 Å². The van der Waals surface area contributed by atoms with Crippen molar-refractivity contribution in [2.45, 2.75) is 6.61 Å². The third-order valence-electron chi connectivity index (χ3n) is 2.72. The van der Waals surface area contributed by atoms with Gasteiger partial charge in [0, 0.05) is 15.3 Å². The van der Waals surface area contributed by atoms with Gasteiger partial charge in [0.15, 0.2) is 0 Å². The van der Waals surface area contributed by atoms with Crippen LogP contribution in [0.2, 0.25) is 0 Å². The van der Waals surface area contributed by atoms with Gasteiger partial charge in [-0.25, -0.2) is 0 Å². The normalized spacial score (nSPS) is 10.7. The fourth-order valence-electron chi connectivity index (χ4n) is 1.86. The van der Waals surface area contributed by atoms with E-state index < -0.39 is 0 Å². The average Bonchev–Trinajstić information content (AvgIpc) is 2.79. The summed E-state index contributed by atoms with van der Waals surface area (Å²) in [5, 5.41) is 1.19. The van der Waals surface area contributed by atoms with Crippen molar-refractivity contribution in [2.24, 2.45) is 0 Å². The van der Waals surface area contributed by atoms with Gasteiger partial charge in [-0.3, -0.25) is 0 Å².